The molecule has 2 amide bonds. The SMILES string of the molecule is O=C(NCc1ccsc1)Nc1ccc(Cn2cccn2)cc1. The van der Waals surface area contributed by atoms with Crippen molar-refractivity contribution < 1.29 is 4.79 Å². The van der Waals surface area contributed by atoms with Crippen LogP contribution in [0.2, 0.25) is 0 Å². The largest absolute Gasteiger partial charge is 0.334 e. The van der Waals surface area contributed by atoms with Crippen LogP contribution in [-0.4, -0.2) is 15.8 Å². The average Bonchev–Trinajstić information content (AvgIpc) is 3.20. The molecule has 2 N–H and O–H groups in total. The molecule has 0 fully saturated rings. The van der Waals surface area contributed by atoms with Crippen molar-refractivity contribution in [1.82, 2.24) is 15.1 Å². The van der Waals surface area contributed by atoms with Crippen LogP contribution in [0.3, 0.4) is 0 Å². The first kappa shape index (κ1) is 14.3. The monoisotopic (exact) mass is 312 g/mol. The van der Waals surface area contributed by atoms with Crippen molar-refractivity contribution >= 4 is 23.1 Å². The molecule has 2 heterocycles. The summed E-state index contributed by atoms with van der Waals surface area (Å²) in [4.78, 5) is 11.8. The number of carbonyl (C=O) groups excluding carboxylic acids is 1. The van der Waals surface area contributed by atoms with E-state index in [0.29, 0.717) is 6.54 Å². The Morgan fingerprint density at radius 3 is 2.73 bits per heavy atom. The second-order valence-corrected chi connectivity index (χ2v) is 5.62. The molecular weight excluding hydrogens is 296 g/mol. The summed E-state index contributed by atoms with van der Waals surface area (Å²) in [5.41, 5.74) is 3.01. The van der Waals surface area contributed by atoms with Crippen LogP contribution in [0.25, 0.3) is 0 Å². The quantitative estimate of drug-likeness (QED) is 0.759. The number of anilines is 1. The van der Waals surface area contributed by atoms with Crippen molar-refractivity contribution in [2.75, 3.05) is 5.32 Å². The van der Waals surface area contributed by atoms with Crippen LogP contribution < -0.4 is 10.6 Å². The Hall–Kier alpha value is -2.60. The van der Waals surface area contributed by atoms with E-state index in [1.54, 1.807) is 17.5 Å². The number of urea groups is 1. The van der Waals surface area contributed by atoms with Crippen LogP contribution >= 0.6 is 11.3 Å². The molecule has 3 rings (SSSR count). The van der Waals surface area contributed by atoms with E-state index in [1.807, 2.05) is 58.0 Å². The van der Waals surface area contributed by atoms with Crippen LogP contribution in [0.1, 0.15) is 11.1 Å². The van der Waals surface area contributed by atoms with E-state index in [1.165, 1.54) is 0 Å². The first-order valence-corrected chi connectivity index (χ1v) is 7.86. The number of benzene rings is 1. The van der Waals surface area contributed by atoms with E-state index < -0.39 is 0 Å². The Labute approximate surface area is 132 Å². The van der Waals surface area contributed by atoms with Gasteiger partial charge in [-0.2, -0.15) is 16.4 Å². The minimum absolute atomic E-state index is 0.203. The summed E-state index contributed by atoms with van der Waals surface area (Å²) >= 11 is 1.62. The van der Waals surface area contributed by atoms with Crippen molar-refractivity contribution in [3.63, 3.8) is 0 Å². The lowest BCUT2D eigenvalue weighted by Crippen LogP contribution is -2.27. The number of aromatic nitrogens is 2. The number of rotatable bonds is 5. The summed E-state index contributed by atoms with van der Waals surface area (Å²) in [6.45, 7) is 1.25. The topological polar surface area (TPSA) is 59.0 Å². The van der Waals surface area contributed by atoms with Gasteiger partial charge in [0.2, 0.25) is 0 Å². The minimum atomic E-state index is -0.203. The summed E-state index contributed by atoms with van der Waals surface area (Å²) in [5.74, 6) is 0. The number of amides is 2. The Morgan fingerprint density at radius 1 is 1.18 bits per heavy atom. The average molecular weight is 312 g/mol. The molecule has 0 unspecified atom stereocenters. The van der Waals surface area contributed by atoms with Gasteiger partial charge in [0.05, 0.1) is 6.54 Å². The van der Waals surface area contributed by atoms with Gasteiger partial charge in [-0.05, 0) is 46.2 Å². The molecule has 3 aromatic rings. The number of thiophene rings is 1. The van der Waals surface area contributed by atoms with Crippen molar-refractivity contribution in [3.8, 4) is 0 Å². The number of hydrogen-bond acceptors (Lipinski definition) is 3. The summed E-state index contributed by atoms with van der Waals surface area (Å²) < 4.78 is 1.86. The first-order chi connectivity index (χ1) is 10.8. The predicted molar refractivity (Wildman–Crippen MR) is 87.9 cm³/mol. The molecule has 0 saturated carbocycles. The first-order valence-electron chi connectivity index (χ1n) is 6.92. The molecule has 0 saturated heterocycles. The molecule has 0 bridgehead atoms. The van der Waals surface area contributed by atoms with E-state index >= 15 is 0 Å². The van der Waals surface area contributed by atoms with Crippen molar-refractivity contribution in [2.45, 2.75) is 13.1 Å². The van der Waals surface area contributed by atoms with Crippen molar-refractivity contribution in [3.05, 3.63) is 70.7 Å². The fraction of sp³-hybridized carbons (Fsp3) is 0.125. The van der Waals surface area contributed by atoms with Gasteiger partial charge in [-0.1, -0.05) is 12.1 Å². The number of hydrogen-bond donors (Lipinski definition) is 2. The van der Waals surface area contributed by atoms with Gasteiger partial charge < -0.3 is 10.6 Å². The Kier molecular flexibility index (Phi) is 4.50. The lowest BCUT2D eigenvalue weighted by atomic mass is 10.2. The standard InChI is InChI=1S/C16H16N4OS/c21-16(17-10-14-6-9-22-12-14)19-15-4-2-13(3-5-15)11-20-8-1-7-18-20/h1-9,12H,10-11H2,(H2,17,19,21). The highest BCUT2D eigenvalue weighted by Crippen LogP contribution is 2.11. The number of carbonyl (C=O) groups is 1. The summed E-state index contributed by atoms with van der Waals surface area (Å²) in [5, 5.41) is 13.8. The Balaban J connectivity index is 1.51. The van der Waals surface area contributed by atoms with Crippen LogP contribution in [0.5, 0.6) is 0 Å². The lowest BCUT2D eigenvalue weighted by Gasteiger charge is -2.08. The molecule has 6 heteroatoms. The van der Waals surface area contributed by atoms with E-state index in [9.17, 15) is 4.79 Å². The number of nitrogens with one attached hydrogen (secondary N) is 2. The molecule has 1 aromatic carbocycles. The zero-order valence-corrected chi connectivity index (χ0v) is 12.7. The van der Waals surface area contributed by atoms with Crippen LogP contribution in [0, 0.1) is 0 Å². The third-order valence-corrected chi connectivity index (χ3v) is 3.88. The van der Waals surface area contributed by atoms with Crippen molar-refractivity contribution in [1.29, 1.82) is 0 Å². The van der Waals surface area contributed by atoms with Gasteiger partial charge in [-0.3, -0.25) is 4.68 Å². The van der Waals surface area contributed by atoms with Crippen LogP contribution in [0.4, 0.5) is 10.5 Å². The summed E-state index contributed by atoms with van der Waals surface area (Å²) in [7, 11) is 0. The highest BCUT2D eigenvalue weighted by Gasteiger charge is 2.02. The fourth-order valence-electron chi connectivity index (χ4n) is 2.03. The molecule has 0 aliphatic rings. The maximum absolute atomic E-state index is 11.8. The second-order valence-electron chi connectivity index (χ2n) is 4.84. The van der Waals surface area contributed by atoms with E-state index in [4.69, 9.17) is 0 Å². The van der Waals surface area contributed by atoms with E-state index in [0.717, 1.165) is 23.4 Å². The van der Waals surface area contributed by atoms with E-state index in [2.05, 4.69) is 15.7 Å². The fourth-order valence-corrected chi connectivity index (χ4v) is 2.69. The van der Waals surface area contributed by atoms with E-state index in [-0.39, 0.29) is 6.03 Å². The second kappa shape index (κ2) is 6.91. The predicted octanol–water partition coefficient (Wildman–Crippen LogP) is 3.31. The maximum atomic E-state index is 11.8. The van der Waals surface area contributed by atoms with Gasteiger partial charge in [0.25, 0.3) is 0 Å². The molecule has 0 spiro atoms. The third-order valence-electron chi connectivity index (χ3n) is 3.15. The molecule has 0 aliphatic heterocycles. The normalized spacial score (nSPS) is 10.4. The molecule has 5 nitrogen and oxygen atoms in total. The smallest absolute Gasteiger partial charge is 0.319 e. The molecule has 0 aliphatic carbocycles. The number of nitrogens with zero attached hydrogens (tertiary/aromatic N) is 2. The zero-order valence-electron chi connectivity index (χ0n) is 11.9. The van der Waals surface area contributed by atoms with Gasteiger partial charge in [-0.15, -0.1) is 0 Å². The van der Waals surface area contributed by atoms with Gasteiger partial charge >= 0.3 is 6.03 Å². The molecular formula is C16H16N4OS. The Bertz CT molecular complexity index is 705. The Morgan fingerprint density at radius 2 is 2.05 bits per heavy atom. The van der Waals surface area contributed by atoms with Gasteiger partial charge in [-0.25, -0.2) is 4.79 Å². The maximum Gasteiger partial charge on any atom is 0.319 e. The summed E-state index contributed by atoms with van der Waals surface area (Å²) in [6.07, 6.45) is 3.68. The zero-order chi connectivity index (χ0) is 15.2. The molecule has 112 valence electrons. The summed E-state index contributed by atoms with van der Waals surface area (Å²) in [6, 6.07) is 11.4. The molecule has 0 radical (unpaired) electrons. The third kappa shape index (κ3) is 3.95. The molecule has 2 aromatic heterocycles. The van der Waals surface area contributed by atoms with Gasteiger partial charge in [0.1, 0.15) is 0 Å². The van der Waals surface area contributed by atoms with Crippen molar-refractivity contribution in [2.24, 2.45) is 0 Å². The minimum Gasteiger partial charge on any atom is -0.334 e. The van der Waals surface area contributed by atoms with Crippen LogP contribution in [0.15, 0.2) is 59.6 Å². The van der Waals surface area contributed by atoms with Gasteiger partial charge in [0, 0.05) is 24.6 Å². The highest BCUT2D eigenvalue weighted by atomic mass is 32.1. The van der Waals surface area contributed by atoms with Crippen LogP contribution in [-0.2, 0) is 13.1 Å². The lowest BCUT2D eigenvalue weighted by molar-refractivity contribution is 0.252. The molecule has 0 atom stereocenters. The highest BCUT2D eigenvalue weighted by molar-refractivity contribution is 7.07. The molecule has 22 heavy (non-hydrogen) atoms. The van der Waals surface area contributed by atoms with Gasteiger partial charge in [0.15, 0.2) is 0 Å².